The molecule has 51 heavy (non-hydrogen) atoms. The van der Waals surface area contributed by atoms with Crippen molar-refractivity contribution in [3.63, 3.8) is 0 Å². The van der Waals surface area contributed by atoms with E-state index in [1.165, 1.54) is 71.6 Å². The summed E-state index contributed by atoms with van der Waals surface area (Å²) in [5.41, 5.74) is 5.52. The number of benzene rings is 7. The molecule has 0 aliphatic heterocycles. The maximum absolute atomic E-state index is 5.21. The van der Waals surface area contributed by atoms with Crippen molar-refractivity contribution in [3.05, 3.63) is 152 Å². The summed E-state index contributed by atoms with van der Waals surface area (Å²) >= 11 is 5.52. The lowest BCUT2D eigenvalue weighted by atomic mass is 9.97. The van der Waals surface area contributed by atoms with Gasteiger partial charge in [0.05, 0.1) is 0 Å². The van der Waals surface area contributed by atoms with Crippen LogP contribution in [0.4, 0.5) is 0 Å². The molecule has 0 amide bonds. The lowest BCUT2D eigenvalue weighted by Crippen LogP contribution is -2.00. The van der Waals surface area contributed by atoms with Gasteiger partial charge in [0, 0.05) is 82.8 Å². The highest BCUT2D eigenvalue weighted by atomic mass is 32.1. The number of hydrogen-bond acceptors (Lipinski definition) is 6. The molecule has 0 bridgehead atoms. The second-order valence-corrected chi connectivity index (χ2v) is 15.9. The first-order valence-corrected chi connectivity index (χ1v) is 19.3. The van der Waals surface area contributed by atoms with Crippen LogP contribution < -0.4 is 0 Å². The normalized spacial score (nSPS) is 11.9. The molecule has 0 saturated carbocycles. The zero-order chi connectivity index (χ0) is 33.5. The van der Waals surface area contributed by atoms with Crippen LogP contribution in [0.2, 0.25) is 0 Å². The molecule has 0 radical (unpaired) electrons. The van der Waals surface area contributed by atoms with Crippen molar-refractivity contribution < 1.29 is 0 Å². The van der Waals surface area contributed by atoms with Gasteiger partial charge in [0.25, 0.3) is 0 Å². The van der Waals surface area contributed by atoms with Crippen LogP contribution in [0.25, 0.3) is 106 Å². The summed E-state index contributed by atoms with van der Waals surface area (Å²) in [4.78, 5) is 15.4. The zero-order valence-corrected chi connectivity index (χ0v) is 29.4. The van der Waals surface area contributed by atoms with Gasteiger partial charge in [-0.25, -0.2) is 15.0 Å². The van der Waals surface area contributed by atoms with Crippen molar-refractivity contribution in [3.8, 4) is 45.3 Å². The third-order valence-corrected chi connectivity index (χ3v) is 13.2. The van der Waals surface area contributed by atoms with E-state index < -0.39 is 0 Å². The van der Waals surface area contributed by atoms with Gasteiger partial charge in [-0.05, 0) is 35.9 Å². The summed E-state index contributed by atoms with van der Waals surface area (Å²) in [5.74, 6) is 2.02. The standard InChI is InChI=1S/C45H25N3S3/c1-2-11-26(12-3-1)43-46-44(48-45(47-43)34-18-10-22-38-41(34)32-14-5-7-20-36(32)49-38)27-23-24-33-39(25-27)50-37-21-9-15-29(40(33)37)31-17-8-16-30-28-13-4-6-19-35(28)51-42(30)31/h1-25H. The fourth-order valence-corrected chi connectivity index (χ4v) is 11.0. The fraction of sp³-hybridized carbons (Fsp3) is 0. The van der Waals surface area contributed by atoms with Gasteiger partial charge in [0.2, 0.25) is 0 Å². The predicted molar refractivity (Wildman–Crippen MR) is 220 cm³/mol. The molecule has 11 aromatic rings. The van der Waals surface area contributed by atoms with E-state index in [4.69, 9.17) is 15.0 Å². The fourth-order valence-electron chi connectivity index (χ4n) is 7.45. The highest BCUT2D eigenvalue weighted by Gasteiger charge is 2.19. The first kappa shape index (κ1) is 29.0. The minimum atomic E-state index is 0.669. The number of aromatic nitrogens is 3. The zero-order valence-electron chi connectivity index (χ0n) is 27.0. The van der Waals surface area contributed by atoms with E-state index in [1.807, 2.05) is 40.9 Å². The molecule has 11 rings (SSSR count). The monoisotopic (exact) mass is 703 g/mol. The van der Waals surface area contributed by atoms with E-state index in [-0.39, 0.29) is 0 Å². The topological polar surface area (TPSA) is 38.7 Å². The molecule has 0 unspecified atom stereocenters. The Balaban J connectivity index is 1.11. The molecule has 0 N–H and O–H groups in total. The third-order valence-electron chi connectivity index (χ3n) is 9.76. The maximum Gasteiger partial charge on any atom is 0.164 e. The Morgan fingerprint density at radius 3 is 1.69 bits per heavy atom. The minimum absolute atomic E-state index is 0.669. The second kappa shape index (κ2) is 11.4. The second-order valence-electron chi connectivity index (χ2n) is 12.7. The van der Waals surface area contributed by atoms with Crippen LogP contribution >= 0.6 is 34.0 Å². The molecule has 4 heterocycles. The first-order chi connectivity index (χ1) is 25.3. The average Bonchev–Trinajstić information content (AvgIpc) is 3.89. The molecular formula is C45H25N3S3. The van der Waals surface area contributed by atoms with Crippen molar-refractivity contribution >= 4 is 94.5 Å². The smallest absolute Gasteiger partial charge is 0.164 e. The Bertz CT molecular complexity index is 3150. The molecule has 3 nitrogen and oxygen atoms in total. The van der Waals surface area contributed by atoms with Crippen molar-refractivity contribution in [2.24, 2.45) is 0 Å². The summed E-state index contributed by atoms with van der Waals surface area (Å²) in [7, 11) is 0. The molecule has 0 spiro atoms. The van der Waals surface area contributed by atoms with Crippen molar-refractivity contribution in [2.45, 2.75) is 0 Å². The van der Waals surface area contributed by atoms with E-state index >= 15 is 0 Å². The van der Waals surface area contributed by atoms with E-state index in [1.54, 1.807) is 11.3 Å². The Hall–Kier alpha value is -5.79. The predicted octanol–water partition coefficient (Wildman–Crippen LogP) is 13.6. The summed E-state index contributed by atoms with van der Waals surface area (Å²) < 4.78 is 7.63. The SMILES string of the molecule is c1ccc(-c2nc(-c3ccc4c(c3)sc3cccc(-c5cccc6c5sc5ccccc56)c34)nc(-c3cccc4sc5ccccc5c34)n2)cc1. The molecule has 238 valence electrons. The molecule has 0 atom stereocenters. The van der Waals surface area contributed by atoms with E-state index in [9.17, 15) is 0 Å². The van der Waals surface area contributed by atoms with Gasteiger partial charge in [-0.3, -0.25) is 0 Å². The van der Waals surface area contributed by atoms with Gasteiger partial charge in [0.1, 0.15) is 0 Å². The lowest BCUT2D eigenvalue weighted by Gasteiger charge is -2.10. The van der Waals surface area contributed by atoms with Gasteiger partial charge < -0.3 is 0 Å². The van der Waals surface area contributed by atoms with Crippen LogP contribution in [0, 0.1) is 0 Å². The largest absolute Gasteiger partial charge is 0.208 e. The van der Waals surface area contributed by atoms with Crippen molar-refractivity contribution in [2.75, 3.05) is 0 Å². The van der Waals surface area contributed by atoms with E-state index in [0.29, 0.717) is 17.5 Å². The number of thiophene rings is 3. The van der Waals surface area contributed by atoms with E-state index in [0.717, 1.165) is 16.7 Å². The summed E-state index contributed by atoms with van der Waals surface area (Å²) in [6, 6.07) is 54.1. The number of hydrogen-bond donors (Lipinski definition) is 0. The number of fused-ring (bicyclic) bond motifs is 9. The van der Waals surface area contributed by atoms with Crippen molar-refractivity contribution in [1.29, 1.82) is 0 Å². The van der Waals surface area contributed by atoms with Gasteiger partial charge in [-0.1, -0.05) is 121 Å². The molecule has 0 aliphatic carbocycles. The molecule has 0 aliphatic rings. The molecule has 6 heteroatoms. The Kier molecular flexibility index (Phi) is 6.46. The van der Waals surface area contributed by atoms with Gasteiger partial charge in [-0.15, -0.1) is 34.0 Å². The Morgan fingerprint density at radius 1 is 0.314 bits per heavy atom. The lowest BCUT2D eigenvalue weighted by molar-refractivity contribution is 1.08. The third kappa shape index (κ3) is 4.58. The average molecular weight is 704 g/mol. The van der Waals surface area contributed by atoms with Crippen LogP contribution in [0.1, 0.15) is 0 Å². The quantitative estimate of drug-likeness (QED) is 0.183. The number of rotatable bonds is 4. The summed E-state index contributed by atoms with van der Waals surface area (Å²) in [6.45, 7) is 0. The highest BCUT2D eigenvalue weighted by Crippen LogP contribution is 2.46. The van der Waals surface area contributed by atoms with E-state index in [2.05, 4.69) is 133 Å². The van der Waals surface area contributed by atoms with Crippen LogP contribution in [-0.4, -0.2) is 15.0 Å². The Labute approximate surface area is 304 Å². The molecule has 0 saturated heterocycles. The summed E-state index contributed by atoms with van der Waals surface area (Å²) in [5, 5.41) is 7.60. The minimum Gasteiger partial charge on any atom is -0.208 e. The highest BCUT2D eigenvalue weighted by molar-refractivity contribution is 7.27. The van der Waals surface area contributed by atoms with Gasteiger partial charge >= 0.3 is 0 Å². The van der Waals surface area contributed by atoms with Crippen molar-refractivity contribution in [1.82, 2.24) is 15.0 Å². The molecule has 4 aromatic heterocycles. The van der Waals surface area contributed by atoms with Crippen LogP contribution in [0.15, 0.2) is 152 Å². The molecule has 0 fully saturated rings. The molecular weight excluding hydrogens is 679 g/mol. The number of nitrogens with zero attached hydrogens (tertiary/aromatic N) is 3. The van der Waals surface area contributed by atoms with Crippen LogP contribution in [-0.2, 0) is 0 Å². The van der Waals surface area contributed by atoms with Gasteiger partial charge in [-0.2, -0.15) is 0 Å². The summed E-state index contributed by atoms with van der Waals surface area (Å²) in [6.07, 6.45) is 0. The van der Waals surface area contributed by atoms with Crippen LogP contribution in [0.5, 0.6) is 0 Å². The first-order valence-electron chi connectivity index (χ1n) is 16.9. The van der Waals surface area contributed by atoms with Crippen LogP contribution in [0.3, 0.4) is 0 Å². The Morgan fingerprint density at radius 2 is 0.863 bits per heavy atom. The van der Waals surface area contributed by atoms with Gasteiger partial charge in [0.15, 0.2) is 17.5 Å². The maximum atomic E-state index is 5.21. The molecule has 7 aromatic carbocycles.